The van der Waals surface area contributed by atoms with Crippen LogP contribution >= 0.6 is 15.9 Å². The first kappa shape index (κ1) is 14.3. The minimum atomic E-state index is 0.0983. The standard InChI is InChI=1S/C14H20BrN3O/c1-2-16-9-11-4-5-13(12(15)8-11)18-7-3-6-17-14(19)10-18/h4-5,8,16H,2-3,6-7,9-10H2,1H3,(H,17,19). The molecule has 1 heterocycles. The minimum absolute atomic E-state index is 0.0983. The number of benzene rings is 1. The Morgan fingerprint density at radius 3 is 3.05 bits per heavy atom. The van der Waals surface area contributed by atoms with E-state index >= 15 is 0 Å². The quantitative estimate of drug-likeness (QED) is 0.888. The van der Waals surface area contributed by atoms with Crippen LogP contribution in [0.2, 0.25) is 0 Å². The molecule has 0 aromatic heterocycles. The number of carbonyl (C=O) groups is 1. The van der Waals surface area contributed by atoms with E-state index in [0.29, 0.717) is 6.54 Å². The molecule has 5 heteroatoms. The maximum atomic E-state index is 11.6. The van der Waals surface area contributed by atoms with E-state index in [4.69, 9.17) is 0 Å². The van der Waals surface area contributed by atoms with Gasteiger partial charge in [0.05, 0.1) is 12.2 Å². The molecule has 0 radical (unpaired) electrons. The van der Waals surface area contributed by atoms with Gasteiger partial charge in [-0.15, -0.1) is 0 Å². The highest BCUT2D eigenvalue weighted by Gasteiger charge is 2.17. The van der Waals surface area contributed by atoms with Crippen LogP contribution in [-0.4, -0.2) is 32.1 Å². The topological polar surface area (TPSA) is 44.4 Å². The zero-order valence-electron chi connectivity index (χ0n) is 11.2. The first-order valence-corrected chi connectivity index (χ1v) is 7.51. The maximum absolute atomic E-state index is 11.6. The van der Waals surface area contributed by atoms with Crippen molar-refractivity contribution in [3.05, 3.63) is 28.2 Å². The van der Waals surface area contributed by atoms with Crippen LogP contribution in [-0.2, 0) is 11.3 Å². The van der Waals surface area contributed by atoms with Crippen LogP contribution in [0.25, 0.3) is 0 Å². The van der Waals surface area contributed by atoms with Gasteiger partial charge >= 0.3 is 0 Å². The molecule has 1 amide bonds. The van der Waals surface area contributed by atoms with Crippen molar-refractivity contribution in [2.24, 2.45) is 0 Å². The first-order valence-electron chi connectivity index (χ1n) is 6.71. The lowest BCUT2D eigenvalue weighted by atomic mass is 10.2. The lowest BCUT2D eigenvalue weighted by Gasteiger charge is -2.23. The molecule has 2 N–H and O–H groups in total. The van der Waals surface area contributed by atoms with Gasteiger partial charge in [-0.05, 0) is 46.6 Å². The predicted octanol–water partition coefficient (Wildman–Crippen LogP) is 1.88. The number of hydrogen-bond acceptors (Lipinski definition) is 3. The number of halogens is 1. The van der Waals surface area contributed by atoms with Crippen molar-refractivity contribution in [3.63, 3.8) is 0 Å². The Hall–Kier alpha value is -1.07. The van der Waals surface area contributed by atoms with Gasteiger partial charge in [-0.3, -0.25) is 4.79 Å². The van der Waals surface area contributed by atoms with Crippen molar-refractivity contribution in [1.29, 1.82) is 0 Å². The molecule has 2 rings (SSSR count). The fraction of sp³-hybridized carbons (Fsp3) is 0.500. The van der Waals surface area contributed by atoms with Gasteiger partial charge in [-0.1, -0.05) is 13.0 Å². The van der Waals surface area contributed by atoms with E-state index in [1.807, 2.05) is 0 Å². The summed E-state index contributed by atoms with van der Waals surface area (Å²) in [5, 5.41) is 6.21. The van der Waals surface area contributed by atoms with E-state index in [1.54, 1.807) is 0 Å². The summed E-state index contributed by atoms with van der Waals surface area (Å²) in [7, 11) is 0. The van der Waals surface area contributed by atoms with Gasteiger partial charge in [-0.25, -0.2) is 0 Å². The molecule has 1 aromatic rings. The molecule has 1 saturated heterocycles. The molecular weight excluding hydrogens is 306 g/mol. The number of nitrogens with zero attached hydrogens (tertiary/aromatic N) is 1. The molecule has 0 bridgehead atoms. The second kappa shape index (κ2) is 6.91. The number of amides is 1. The third-order valence-electron chi connectivity index (χ3n) is 3.19. The molecule has 0 saturated carbocycles. The number of carbonyl (C=O) groups excluding carboxylic acids is 1. The summed E-state index contributed by atoms with van der Waals surface area (Å²) in [6.07, 6.45) is 0.983. The molecular formula is C14H20BrN3O. The lowest BCUT2D eigenvalue weighted by molar-refractivity contribution is -0.119. The van der Waals surface area contributed by atoms with Gasteiger partial charge < -0.3 is 15.5 Å². The number of hydrogen-bond donors (Lipinski definition) is 2. The van der Waals surface area contributed by atoms with Crippen LogP contribution in [0.1, 0.15) is 18.9 Å². The van der Waals surface area contributed by atoms with Crippen molar-refractivity contribution in [2.75, 3.05) is 31.1 Å². The summed E-state index contributed by atoms with van der Waals surface area (Å²) in [6.45, 7) is 6.04. The van der Waals surface area contributed by atoms with Gasteiger partial charge in [-0.2, -0.15) is 0 Å². The van der Waals surface area contributed by atoms with E-state index in [-0.39, 0.29) is 5.91 Å². The van der Waals surface area contributed by atoms with Gasteiger partial charge in [0, 0.05) is 24.1 Å². The summed E-state index contributed by atoms with van der Waals surface area (Å²) in [5.41, 5.74) is 2.34. The highest BCUT2D eigenvalue weighted by Crippen LogP contribution is 2.28. The second-order valence-corrected chi connectivity index (χ2v) is 5.55. The van der Waals surface area contributed by atoms with E-state index in [9.17, 15) is 4.79 Å². The van der Waals surface area contributed by atoms with Gasteiger partial charge in [0.15, 0.2) is 0 Å². The van der Waals surface area contributed by atoms with Crippen LogP contribution in [0.4, 0.5) is 5.69 Å². The summed E-state index contributed by atoms with van der Waals surface area (Å²) < 4.78 is 1.05. The molecule has 0 atom stereocenters. The smallest absolute Gasteiger partial charge is 0.239 e. The number of rotatable bonds is 4. The first-order chi connectivity index (χ1) is 9.20. The van der Waals surface area contributed by atoms with Crippen LogP contribution in [0.3, 0.4) is 0 Å². The van der Waals surface area contributed by atoms with Crippen molar-refractivity contribution >= 4 is 27.5 Å². The molecule has 0 unspecified atom stereocenters. The van der Waals surface area contributed by atoms with Gasteiger partial charge in [0.1, 0.15) is 0 Å². The fourth-order valence-electron chi connectivity index (χ4n) is 2.20. The van der Waals surface area contributed by atoms with Crippen LogP contribution < -0.4 is 15.5 Å². The predicted molar refractivity (Wildman–Crippen MR) is 81.4 cm³/mol. The normalized spacial score (nSPS) is 16.1. The monoisotopic (exact) mass is 325 g/mol. The fourth-order valence-corrected chi connectivity index (χ4v) is 2.87. The van der Waals surface area contributed by atoms with Gasteiger partial charge in [0.2, 0.25) is 5.91 Å². The number of anilines is 1. The van der Waals surface area contributed by atoms with Crippen molar-refractivity contribution in [2.45, 2.75) is 19.9 Å². The Balaban J connectivity index is 2.12. The molecule has 1 aliphatic heterocycles. The zero-order valence-corrected chi connectivity index (χ0v) is 12.8. The average Bonchev–Trinajstić information content (AvgIpc) is 2.61. The zero-order chi connectivity index (χ0) is 13.7. The summed E-state index contributed by atoms with van der Waals surface area (Å²) >= 11 is 3.62. The van der Waals surface area contributed by atoms with E-state index in [2.05, 4.69) is 56.6 Å². The van der Waals surface area contributed by atoms with E-state index < -0.39 is 0 Å². The van der Waals surface area contributed by atoms with Crippen LogP contribution in [0.5, 0.6) is 0 Å². The summed E-state index contributed by atoms with van der Waals surface area (Å²) in [6, 6.07) is 6.34. The molecule has 1 aliphatic rings. The Morgan fingerprint density at radius 2 is 2.32 bits per heavy atom. The molecule has 4 nitrogen and oxygen atoms in total. The lowest BCUT2D eigenvalue weighted by Crippen LogP contribution is -2.33. The van der Waals surface area contributed by atoms with Crippen molar-refractivity contribution in [1.82, 2.24) is 10.6 Å². The molecule has 0 aliphatic carbocycles. The maximum Gasteiger partial charge on any atom is 0.239 e. The Bertz CT molecular complexity index is 450. The van der Waals surface area contributed by atoms with Crippen molar-refractivity contribution in [3.8, 4) is 0 Å². The second-order valence-electron chi connectivity index (χ2n) is 4.69. The Kier molecular flexibility index (Phi) is 5.22. The molecule has 1 aromatic carbocycles. The molecule has 0 spiro atoms. The molecule has 104 valence electrons. The molecule has 19 heavy (non-hydrogen) atoms. The average molecular weight is 326 g/mol. The summed E-state index contributed by atoms with van der Waals surface area (Å²) in [4.78, 5) is 13.7. The van der Waals surface area contributed by atoms with Crippen LogP contribution in [0, 0.1) is 0 Å². The highest BCUT2D eigenvalue weighted by molar-refractivity contribution is 9.10. The minimum Gasteiger partial charge on any atom is -0.361 e. The van der Waals surface area contributed by atoms with Crippen molar-refractivity contribution < 1.29 is 4.79 Å². The third-order valence-corrected chi connectivity index (χ3v) is 3.83. The SMILES string of the molecule is CCNCc1ccc(N2CCCNC(=O)C2)c(Br)c1. The van der Waals surface area contributed by atoms with Gasteiger partial charge in [0.25, 0.3) is 0 Å². The van der Waals surface area contributed by atoms with E-state index in [0.717, 1.165) is 42.8 Å². The summed E-state index contributed by atoms with van der Waals surface area (Å²) in [5.74, 6) is 0.0983. The third kappa shape index (κ3) is 3.94. The highest BCUT2D eigenvalue weighted by atomic mass is 79.9. The van der Waals surface area contributed by atoms with Crippen LogP contribution in [0.15, 0.2) is 22.7 Å². The Morgan fingerprint density at radius 1 is 1.47 bits per heavy atom. The number of nitrogens with one attached hydrogen (secondary N) is 2. The molecule has 1 fully saturated rings. The Labute approximate surface area is 122 Å². The largest absolute Gasteiger partial charge is 0.361 e. The van der Waals surface area contributed by atoms with E-state index in [1.165, 1.54) is 5.56 Å².